The van der Waals surface area contributed by atoms with Crippen LogP contribution < -0.4 is 29.5 Å². The molecular weight excluding hydrogens is 484 g/mol. The van der Waals surface area contributed by atoms with Crippen LogP contribution in [-0.2, 0) is 11.3 Å². The molecule has 0 atom stereocenters. The van der Waals surface area contributed by atoms with E-state index in [1.54, 1.807) is 18.2 Å². The van der Waals surface area contributed by atoms with Gasteiger partial charge in [-0.15, -0.1) is 0 Å². The summed E-state index contributed by atoms with van der Waals surface area (Å²) in [6, 6.07) is 14.4. The van der Waals surface area contributed by atoms with E-state index in [1.165, 1.54) is 0 Å². The van der Waals surface area contributed by atoms with Crippen LogP contribution in [0.1, 0.15) is 15.9 Å². The average Bonchev–Trinajstić information content (AvgIpc) is 2.46. The molecule has 0 saturated carbocycles. The summed E-state index contributed by atoms with van der Waals surface area (Å²) in [6.07, 6.45) is 0. The largest absolute Gasteiger partial charge is 1.00 e. The summed E-state index contributed by atoms with van der Waals surface area (Å²) in [5.41, 5.74) is 2.52. The Morgan fingerprint density at radius 3 is 2.55 bits per heavy atom. The summed E-state index contributed by atoms with van der Waals surface area (Å²) < 4.78 is 6.00. The Kier molecular flexibility index (Phi) is 7.41. The van der Waals surface area contributed by atoms with Gasteiger partial charge in [-0.3, -0.25) is 0 Å². The van der Waals surface area contributed by atoms with E-state index < -0.39 is 5.97 Å². The van der Waals surface area contributed by atoms with Gasteiger partial charge in [0.05, 0.1) is 5.56 Å². The van der Waals surface area contributed by atoms with E-state index in [9.17, 15) is 10.0 Å². The lowest BCUT2D eigenvalue weighted by Gasteiger charge is -2.08. The van der Waals surface area contributed by atoms with Crippen molar-refractivity contribution in [1.29, 1.82) is 0 Å². The van der Waals surface area contributed by atoms with Gasteiger partial charge >= 0.3 is 5.97 Å². The molecule has 6 heteroatoms. The first-order chi connectivity index (χ1) is 9.20. The van der Waals surface area contributed by atoms with Gasteiger partial charge in [-0.1, -0.05) is 30.3 Å². The zero-order valence-electron chi connectivity index (χ0n) is 10.4. The lowest BCUT2D eigenvalue weighted by atomic mass is 10.2. The fourth-order valence-electron chi connectivity index (χ4n) is 1.57. The highest BCUT2D eigenvalue weighted by atomic mass is 127. The van der Waals surface area contributed by atoms with Crippen molar-refractivity contribution < 1.29 is 39.0 Å². The molecule has 0 fully saturated rings. The van der Waals surface area contributed by atoms with Crippen LogP contribution in [-0.4, -0.2) is 5.97 Å². The van der Waals surface area contributed by atoms with Gasteiger partial charge in [0.2, 0.25) is 0 Å². The van der Waals surface area contributed by atoms with E-state index in [-0.39, 0.29) is 30.6 Å². The number of benzene rings is 2. The van der Waals surface area contributed by atoms with Crippen molar-refractivity contribution in [3.05, 3.63) is 68.4 Å². The Bertz CT molecular complexity index is 576. The average molecular weight is 496 g/mol. The molecule has 0 aliphatic rings. The maximum Gasteiger partial charge on any atom is 0.339 e. The van der Waals surface area contributed by atoms with Crippen molar-refractivity contribution in [2.75, 3.05) is 0 Å². The lowest BCUT2D eigenvalue weighted by Crippen LogP contribution is -3.00. The standard InChI is InChI=1S/C14H12INO3.HI/c15-13-7-6-11(16-18)8-12(13)14(17)19-9-10-4-2-1-3-5-10;/h1-8H,9,16H2;1H/p-1. The third-order valence-electron chi connectivity index (χ3n) is 2.56. The molecule has 0 aliphatic heterocycles. The second-order valence-electron chi connectivity index (χ2n) is 3.92. The van der Waals surface area contributed by atoms with Crippen molar-refractivity contribution in [2.45, 2.75) is 6.61 Å². The van der Waals surface area contributed by atoms with E-state index in [1.807, 2.05) is 52.9 Å². The van der Waals surface area contributed by atoms with Crippen LogP contribution in [0, 0.1) is 8.78 Å². The molecule has 0 bridgehead atoms. The first-order valence-corrected chi connectivity index (χ1v) is 6.74. The first-order valence-electron chi connectivity index (χ1n) is 5.66. The van der Waals surface area contributed by atoms with Gasteiger partial charge in [0.25, 0.3) is 0 Å². The van der Waals surface area contributed by atoms with E-state index >= 15 is 0 Å². The Hall–Kier alpha value is -0.710. The number of quaternary nitrogens is 1. The smallest absolute Gasteiger partial charge is 0.339 e. The summed E-state index contributed by atoms with van der Waals surface area (Å²) in [6.45, 7) is 0.223. The summed E-state index contributed by atoms with van der Waals surface area (Å²) in [5, 5.41) is 10.7. The van der Waals surface area contributed by atoms with Crippen molar-refractivity contribution in [2.24, 2.45) is 0 Å². The molecule has 0 aromatic heterocycles. The highest BCUT2D eigenvalue weighted by Crippen LogP contribution is 2.17. The maximum atomic E-state index is 12.0. The lowest BCUT2D eigenvalue weighted by molar-refractivity contribution is -0.497. The molecule has 0 heterocycles. The van der Waals surface area contributed by atoms with Gasteiger partial charge in [-0.25, -0.2) is 4.79 Å². The van der Waals surface area contributed by atoms with Crippen LogP contribution in [0.5, 0.6) is 0 Å². The third kappa shape index (κ3) is 4.69. The molecule has 0 amide bonds. The fraction of sp³-hybridized carbons (Fsp3) is 0.0714. The van der Waals surface area contributed by atoms with Crippen LogP contribution in [0.15, 0.2) is 48.5 Å². The van der Waals surface area contributed by atoms with Crippen LogP contribution in [0.25, 0.3) is 0 Å². The summed E-state index contributed by atoms with van der Waals surface area (Å²) >= 11 is 2.05. The molecule has 0 spiro atoms. The van der Waals surface area contributed by atoms with Gasteiger partial charge < -0.3 is 39.4 Å². The molecule has 2 aromatic rings. The number of halogens is 2. The fourth-order valence-corrected chi connectivity index (χ4v) is 2.13. The van der Waals surface area contributed by atoms with Crippen molar-refractivity contribution >= 4 is 34.2 Å². The van der Waals surface area contributed by atoms with Crippen LogP contribution >= 0.6 is 22.6 Å². The molecule has 20 heavy (non-hydrogen) atoms. The van der Waals surface area contributed by atoms with Gasteiger partial charge in [0.15, 0.2) is 0 Å². The number of hydrogen-bond donors (Lipinski definition) is 1. The zero-order valence-corrected chi connectivity index (χ0v) is 14.7. The number of esters is 1. The second kappa shape index (κ2) is 8.55. The number of nitrogens with two attached hydrogens (primary N) is 1. The predicted molar refractivity (Wildman–Crippen MR) is 79.7 cm³/mol. The van der Waals surface area contributed by atoms with Crippen LogP contribution in [0.2, 0.25) is 0 Å². The van der Waals surface area contributed by atoms with Crippen molar-refractivity contribution in [1.82, 2.24) is 0 Å². The highest BCUT2D eigenvalue weighted by Gasteiger charge is 2.13. The number of hydrogen-bond acceptors (Lipinski definition) is 3. The molecule has 0 radical (unpaired) electrons. The third-order valence-corrected chi connectivity index (χ3v) is 3.50. The minimum Gasteiger partial charge on any atom is -1.00 e. The predicted octanol–water partition coefficient (Wildman–Crippen LogP) is -0.655. The van der Waals surface area contributed by atoms with Gasteiger partial charge in [0.1, 0.15) is 12.3 Å². The van der Waals surface area contributed by atoms with Crippen molar-refractivity contribution in [3.8, 4) is 0 Å². The molecule has 0 saturated heterocycles. The van der Waals surface area contributed by atoms with Crippen molar-refractivity contribution in [3.63, 3.8) is 0 Å². The molecule has 0 unspecified atom stereocenters. The maximum absolute atomic E-state index is 12.0. The SMILES string of the molecule is O=C(OCc1ccccc1)c1cc([NH2+][O-])ccc1I.[I-]. The zero-order chi connectivity index (χ0) is 13.7. The van der Waals surface area contributed by atoms with Crippen LogP contribution in [0.4, 0.5) is 5.69 Å². The van der Waals surface area contributed by atoms with Gasteiger partial charge in [0, 0.05) is 15.7 Å². The molecule has 0 aliphatic carbocycles. The van der Waals surface area contributed by atoms with Crippen LogP contribution in [0.3, 0.4) is 0 Å². The first kappa shape index (κ1) is 17.3. The molecule has 2 aromatic carbocycles. The number of carbonyl (C=O) groups excluding carboxylic acids is 1. The van der Waals surface area contributed by atoms with Gasteiger partial charge in [-0.05, 0) is 34.2 Å². The van der Waals surface area contributed by atoms with Gasteiger partial charge in [-0.2, -0.15) is 0 Å². The Morgan fingerprint density at radius 1 is 1.20 bits per heavy atom. The van der Waals surface area contributed by atoms with E-state index in [0.717, 1.165) is 9.13 Å². The summed E-state index contributed by atoms with van der Waals surface area (Å²) in [7, 11) is 0. The normalized spacial score (nSPS) is 9.70. The molecule has 106 valence electrons. The quantitative estimate of drug-likeness (QED) is 0.265. The number of carbonyl (C=O) groups is 1. The van der Waals surface area contributed by atoms with E-state index in [4.69, 9.17) is 4.74 Å². The van der Waals surface area contributed by atoms with E-state index in [0.29, 0.717) is 16.7 Å². The minimum absolute atomic E-state index is 0. The highest BCUT2D eigenvalue weighted by molar-refractivity contribution is 14.1. The molecule has 2 N–H and O–H groups in total. The van der Waals surface area contributed by atoms with E-state index in [2.05, 4.69) is 0 Å². The monoisotopic (exact) mass is 496 g/mol. The molecule has 2 rings (SSSR count). The number of ether oxygens (including phenoxy) is 1. The topological polar surface area (TPSA) is 66.0 Å². The minimum atomic E-state index is -0.419. The second-order valence-corrected chi connectivity index (χ2v) is 5.08. The Labute approximate surface area is 147 Å². The molecular formula is C14H12I2NO3-. The summed E-state index contributed by atoms with van der Waals surface area (Å²) in [5.74, 6) is -0.419. The Balaban J connectivity index is 0.00000200. The summed E-state index contributed by atoms with van der Waals surface area (Å²) in [4.78, 5) is 12.0. The molecule has 4 nitrogen and oxygen atoms in total. The Morgan fingerprint density at radius 2 is 1.90 bits per heavy atom. The number of rotatable bonds is 4.